The van der Waals surface area contributed by atoms with E-state index in [9.17, 15) is 15.0 Å². The van der Waals surface area contributed by atoms with Crippen LogP contribution in [-0.4, -0.2) is 79.6 Å². The predicted molar refractivity (Wildman–Crippen MR) is 77.6 cm³/mol. The molecule has 122 valence electrons. The average molecular weight is 309 g/mol. The summed E-state index contributed by atoms with van der Waals surface area (Å²) in [5, 5.41) is 27.5. The van der Waals surface area contributed by atoms with Gasteiger partial charge in [0, 0.05) is 33.2 Å². The van der Waals surface area contributed by atoms with Gasteiger partial charge in [-0.1, -0.05) is 0 Å². The number of hydrogen-bond acceptors (Lipinski definition) is 6. The highest BCUT2D eigenvalue weighted by Gasteiger charge is 2.51. The molecule has 3 rings (SSSR count). The fourth-order valence-electron chi connectivity index (χ4n) is 2.96. The predicted octanol–water partition coefficient (Wildman–Crippen LogP) is -1.41. The van der Waals surface area contributed by atoms with Crippen LogP contribution >= 0.6 is 0 Å². The number of aromatic nitrogens is 3. The van der Waals surface area contributed by atoms with Gasteiger partial charge >= 0.3 is 0 Å². The van der Waals surface area contributed by atoms with Crippen LogP contribution in [-0.2, 0) is 18.4 Å². The van der Waals surface area contributed by atoms with Gasteiger partial charge in [-0.3, -0.25) is 9.69 Å². The highest BCUT2D eigenvalue weighted by atomic mass is 16.3. The van der Waals surface area contributed by atoms with E-state index in [1.807, 2.05) is 11.6 Å². The van der Waals surface area contributed by atoms with Gasteiger partial charge < -0.3 is 19.7 Å². The molecule has 2 aliphatic rings. The Morgan fingerprint density at radius 2 is 2.18 bits per heavy atom. The van der Waals surface area contributed by atoms with Crippen LogP contribution in [0.3, 0.4) is 0 Å². The zero-order chi connectivity index (χ0) is 15.7. The molecule has 1 saturated heterocycles. The lowest BCUT2D eigenvalue weighted by molar-refractivity contribution is -0.139. The van der Waals surface area contributed by atoms with Crippen molar-refractivity contribution in [1.82, 2.24) is 24.6 Å². The molecule has 1 aliphatic carbocycles. The van der Waals surface area contributed by atoms with E-state index in [1.54, 1.807) is 11.2 Å². The molecular weight excluding hydrogens is 286 g/mol. The molecule has 8 nitrogen and oxygen atoms in total. The first kappa shape index (κ1) is 15.4. The Bertz CT molecular complexity index is 542. The molecule has 0 radical (unpaired) electrons. The van der Waals surface area contributed by atoms with Gasteiger partial charge in [0.1, 0.15) is 12.2 Å². The summed E-state index contributed by atoms with van der Waals surface area (Å²) >= 11 is 0. The summed E-state index contributed by atoms with van der Waals surface area (Å²) in [6, 6.07) is 0. The fraction of sp³-hybridized carbons (Fsp3) is 0.786. The number of amides is 1. The molecule has 1 unspecified atom stereocenters. The summed E-state index contributed by atoms with van der Waals surface area (Å²) in [7, 11) is 1.89. The van der Waals surface area contributed by atoms with Crippen molar-refractivity contribution in [2.24, 2.45) is 12.5 Å². The molecule has 1 aliphatic heterocycles. The van der Waals surface area contributed by atoms with Gasteiger partial charge in [-0.2, -0.15) is 0 Å². The monoisotopic (exact) mass is 309 g/mol. The molecule has 1 saturated carbocycles. The molecular formula is C14H23N5O3. The van der Waals surface area contributed by atoms with Crippen LogP contribution < -0.4 is 0 Å². The maximum atomic E-state index is 12.5. The first-order valence-corrected chi connectivity index (χ1v) is 7.67. The van der Waals surface area contributed by atoms with Crippen LogP contribution in [0.2, 0.25) is 0 Å². The van der Waals surface area contributed by atoms with Crippen LogP contribution in [0.15, 0.2) is 6.33 Å². The van der Waals surface area contributed by atoms with Crippen molar-refractivity contribution in [2.75, 3.05) is 32.8 Å². The Balaban J connectivity index is 1.63. The zero-order valence-corrected chi connectivity index (χ0v) is 12.9. The van der Waals surface area contributed by atoms with E-state index in [-0.39, 0.29) is 12.5 Å². The lowest BCUT2D eigenvalue weighted by Crippen LogP contribution is -2.43. The zero-order valence-electron chi connectivity index (χ0n) is 12.9. The first-order valence-electron chi connectivity index (χ1n) is 7.67. The smallest absolute Gasteiger partial charge is 0.231 e. The second-order valence-corrected chi connectivity index (χ2v) is 6.44. The Hall–Kier alpha value is -1.51. The summed E-state index contributed by atoms with van der Waals surface area (Å²) in [6.45, 7) is 2.58. The standard InChI is InChI=1S/C14H23N5O3/c1-17-10-15-16-12(17)8-18-4-5-19(7-11(21)6-18)13(22)14(9-20)2-3-14/h10-11,20-21H,2-9H2,1H3. The third kappa shape index (κ3) is 2.99. The highest BCUT2D eigenvalue weighted by Crippen LogP contribution is 2.46. The maximum Gasteiger partial charge on any atom is 0.231 e. The van der Waals surface area contributed by atoms with Gasteiger partial charge in [0.05, 0.1) is 24.7 Å². The van der Waals surface area contributed by atoms with Crippen molar-refractivity contribution in [3.8, 4) is 0 Å². The normalized spacial score (nSPS) is 25.0. The minimum atomic E-state index is -0.589. The van der Waals surface area contributed by atoms with Crippen LogP contribution in [0.4, 0.5) is 0 Å². The SMILES string of the molecule is Cn1cnnc1CN1CCN(C(=O)C2(CO)CC2)CC(O)C1. The summed E-state index contributed by atoms with van der Waals surface area (Å²) in [5.41, 5.74) is -0.571. The number of nitrogens with zero attached hydrogens (tertiary/aromatic N) is 5. The third-order valence-corrected chi connectivity index (χ3v) is 4.65. The van der Waals surface area contributed by atoms with Crippen molar-refractivity contribution < 1.29 is 15.0 Å². The van der Waals surface area contributed by atoms with Gasteiger partial charge in [0.25, 0.3) is 0 Å². The summed E-state index contributed by atoms with van der Waals surface area (Å²) in [4.78, 5) is 16.3. The Kier molecular flexibility index (Phi) is 4.16. The number of aryl methyl sites for hydroxylation is 1. The second kappa shape index (κ2) is 5.94. The topological polar surface area (TPSA) is 94.7 Å². The number of hydrogen-bond donors (Lipinski definition) is 2. The van der Waals surface area contributed by atoms with Crippen molar-refractivity contribution in [2.45, 2.75) is 25.5 Å². The minimum Gasteiger partial charge on any atom is -0.395 e. The minimum absolute atomic E-state index is 0.0189. The molecule has 1 amide bonds. The Labute approximate surface area is 129 Å². The number of rotatable bonds is 4. The van der Waals surface area contributed by atoms with Crippen LogP contribution in [0.1, 0.15) is 18.7 Å². The number of aliphatic hydroxyl groups excluding tert-OH is 2. The molecule has 22 heavy (non-hydrogen) atoms. The van der Waals surface area contributed by atoms with E-state index in [0.29, 0.717) is 32.7 Å². The molecule has 1 aromatic rings. The summed E-state index contributed by atoms with van der Waals surface area (Å²) in [6.07, 6.45) is 2.56. The van der Waals surface area contributed by atoms with Crippen molar-refractivity contribution in [1.29, 1.82) is 0 Å². The molecule has 2 N–H and O–H groups in total. The van der Waals surface area contributed by atoms with E-state index in [4.69, 9.17) is 0 Å². The third-order valence-electron chi connectivity index (χ3n) is 4.65. The maximum absolute atomic E-state index is 12.5. The van der Waals surface area contributed by atoms with Gasteiger partial charge in [-0.15, -0.1) is 10.2 Å². The van der Waals surface area contributed by atoms with Gasteiger partial charge in [-0.25, -0.2) is 0 Å². The average Bonchev–Trinajstić information content (AvgIpc) is 3.23. The van der Waals surface area contributed by atoms with Gasteiger partial charge in [0.2, 0.25) is 5.91 Å². The first-order chi connectivity index (χ1) is 10.5. The molecule has 0 spiro atoms. The van der Waals surface area contributed by atoms with E-state index in [2.05, 4.69) is 15.1 Å². The number of carbonyl (C=O) groups excluding carboxylic acids is 1. The molecule has 0 bridgehead atoms. The quantitative estimate of drug-likeness (QED) is 0.710. The lowest BCUT2D eigenvalue weighted by atomic mass is 10.1. The summed E-state index contributed by atoms with van der Waals surface area (Å²) in [5.74, 6) is 0.815. The molecule has 2 fully saturated rings. The van der Waals surface area contributed by atoms with Crippen molar-refractivity contribution in [3.63, 3.8) is 0 Å². The van der Waals surface area contributed by atoms with E-state index in [1.165, 1.54) is 0 Å². The van der Waals surface area contributed by atoms with Crippen LogP contribution in [0.5, 0.6) is 0 Å². The molecule has 1 aromatic heterocycles. The van der Waals surface area contributed by atoms with E-state index in [0.717, 1.165) is 18.7 Å². The van der Waals surface area contributed by atoms with Gasteiger partial charge in [0.15, 0.2) is 0 Å². The highest BCUT2D eigenvalue weighted by molar-refractivity contribution is 5.85. The molecule has 1 atom stereocenters. The number of aliphatic hydroxyl groups is 2. The molecule has 0 aromatic carbocycles. The van der Waals surface area contributed by atoms with Crippen LogP contribution in [0.25, 0.3) is 0 Å². The summed E-state index contributed by atoms with van der Waals surface area (Å²) < 4.78 is 1.85. The second-order valence-electron chi connectivity index (χ2n) is 6.44. The number of carbonyl (C=O) groups is 1. The van der Waals surface area contributed by atoms with Crippen molar-refractivity contribution >= 4 is 5.91 Å². The largest absolute Gasteiger partial charge is 0.395 e. The number of β-amino-alcohol motifs (C(OH)–C–C–N with tert-alkyl or cyclic N) is 1. The van der Waals surface area contributed by atoms with Crippen LogP contribution in [0, 0.1) is 5.41 Å². The van der Waals surface area contributed by atoms with E-state index >= 15 is 0 Å². The fourth-order valence-corrected chi connectivity index (χ4v) is 2.96. The molecule has 2 heterocycles. The van der Waals surface area contributed by atoms with Crippen molar-refractivity contribution in [3.05, 3.63) is 12.2 Å². The Morgan fingerprint density at radius 3 is 2.77 bits per heavy atom. The lowest BCUT2D eigenvalue weighted by Gasteiger charge is -2.25. The van der Waals surface area contributed by atoms with E-state index < -0.39 is 11.5 Å². The van der Waals surface area contributed by atoms with Gasteiger partial charge in [-0.05, 0) is 12.8 Å². The molecule has 8 heteroatoms. The Morgan fingerprint density at radius 1 is 1.41 bits per heavy atom.